The topological polar surface area (TPSA) is 77.9 Å². The molecule has 2 aromatic rings. The largest absolute Gasteiger partial charge is 0.508 e. The van der Waals surface area contributed by atoms with Gasteiger partial charge < -0.3 is 10.0 Å². The average Bonchev–Trinajstić information content (AvgIpc) is 2.70. The third-order valence-electron chi connectivity index (χ3n) is 5.77. The van der Waals surface area contributed by atoms with Crippen LogP contribution in [0.4, 0.5) is 0 Å². The molecular formula is C22H28N2O4S. The Labute approximate surface area is 172 Å². The predicted octanol–water partition coefficient (Wildman–Crippen LogP) is 3.28. The summed E-state index contributed by atoms with van der Waals surface area (Å²) in [6.45, 7) is 4.83. The minimum Gasteiger partial charge on any atom is -0.508 e. The summed E-state index contributed by atoms with van der Waals surface area (Å²) in [7, 11) is -0.637. The summed E-state index contributed by atoms with van der Waals surface area (Å²) in [4.78, 5) is 15.1. The summed E-state index contributed by atoms with van der Waals surface area (Å²) in [5, 5.41) is 9.45. The number of hydrogen-bond donors (Lipinski definition) is 1. The first-order chi connectivity index (χ1) is 13.6. The van der Waals surface area contributed by atoms with Gasteiger partial charge in [-0.3, -0.25) is 4.79 Å². The second-order valence-electron chi connectivity index (χ2n) is 7.86. The van der Waals surface area contributed by atoms with E-state index >= 15 is 0 Å². The molecule has 1 saturated heterocycles. The maximum atomic E-state index is 13.1. The monoisotopic (exact) mass is 416 g/mol. The van der Waals surface area contributed by atoms with Crippen LogP contribution < -0.4 is 0 Å². The lowest BCUT2D eigenvalue weighted by Crippen LogP contribution is -2.38. The molecule has 0 aromatic heterocycles. The molecule has 156 valence electrons. The van der Waals surface area contributed by atoms with Gasteiger partial charge in [-0.05, 0) is 73.6 Å². The number of aromatic hydroxyl groups is 1. The van der Waals surface area contributed by atoms with Gasteiger partial charge in [0.05, 0.1) is 4.90 Å². The van der Waals surface area contributed by atoms with Gasteiger partial charge >= 0.3 is 0 Å². The third-order valence-corrected chi connectivity index (χ3v) is 7.71. The number of piperidine rings is 1. The number of aryl methyl sites for hydroxylation is 1. The lowest BCUT2D eigenvalue weighted by atomic mass is 9.89. The van der Waals surface area contributed by atoms with E-state index in [0.717, 1.165) is 18.4 Å². The van der Waals surface area contributed by atoms with Gasteiger partial charge in [0.2, 0.25) is 10.0 Å². The van der Waals surface area contributed by atoms with Crippen LogP contribution in [0.15, 0.2) is 41.3 Å². The number of carbonyl (C=O) groups is 1. The Kier molecular flexibility index (Phi) is 6.00. The summed E-state index contributed by atoms with van der Waals surface area (Å²) >= 11 is 0. The highest BCUT2D eigenvalue weighted by atomic mass is 32.2. The van der Waals surface area contributed by atoms with Crippen molar-refractivity contribution in [2.75, 3.05) is 27.2 Å². The van der Waals surface area contributed by atoms with Gasteiger partial charge in [0.15, 0.2) is 0 Å². The van der Waals surface area contributed by atoms with Gasteiger partial charge in [-0.1, -0.05) is 12.1 Å². The minimum atomic E-state index is -3.62. The van der Waals surface area contributed by atoms with E-state index in [1.165, 1.54) is 30.0 Å². The number of phenolic OH excluding ortho intramolecular Hbond substituents is 1. The van der Waals surface area contributed by atoms with E-state index in [-0.39, 0.29) is 16.6 Å². The van der Waals surface area contributed by atoms with Crippen LogP contribution in [0.3, 0.4) is 0 Å². The normalized spacial score (nSPS) is 15.7. The summed E-state index contributed by atoms with van der Waals surface area (Å²) in [6.07, 6.45) is 1.68. The fraction of sp³-hybridized carbons (Fsp3) is 0.409. The maximum Gasteiger partial charge on any atom is 0.253 e. The Bertz CT molecular complexity index is 1010. The number of benzene rings is 2. The fourth-order valence-electron chi connectivity index (χ4n) is 3.76. The molecule has 1 aliphatic rings. The molecule has 6 nitrogen and oxygen atoms in total. The second-order valence-corrected chi connectivity index (χ2v) is 9.98. The van der Waals surface area contributed by atoms with E-state index in [0.29, 0.717) is 30.1 Å². The highest BCUT2D eigenvalue weighted by molar-refractivity contribution is 7.89. The van der Waals surface area contributed by atoms with Crippen molar-refractivity contribution >= 4 is 15.9 Å². The Morgan fingerprint density at radius 3 is 2.21 bits per heavy atom. The van der Waals surface area contributed by atoms with E-state index in [1.807, 2.05) is 19.1 Å². The molecule has 1 heterocycles. The number of hydrogen-bond acceptors (Lipinski definition) is 4. The standard InChI is InChI=1S/C22H28N2O4S/c1-15-13-19(14-21(16(15)2)29(27,28)23(3)4)22(26)24-11-9-18(10-12-24)17-5-7-20(25)8-6-17/h5-8,13-14,18,25H,9-12H2,1-4H3. The van der Waals surface area contributed by atoms with Crippen LogP contribution in [-0.4, -0.2) is 55.8 Å². The molecule has 0 atom stereocenters. The van der Waals surface area contributed by atoms with Gasteiger partial charge in [-0.15, -0.1) is 0 Å². The van der Waals surface area contributed by atoms with E-state index in [2.05, 4.69) is 0 Å². The van der Waals surface area contributed by atoms with E-state index in [9.17, 15) is 18.3 Å². The molecule has 29 heavy (non-hydrogen) atoms. The van der Waals surface area contributed by atoms with Crippen molar-refractivity contribution in [2.24, 2.45) is 0 Å². The Balaban J connectivity index is 1.79. The van der Waals surface area contributed by atoms with Crippen molar-refractivity contribution in [1.82, 2.24) is 9.21 Å². The Hall–Kier alpha value is -2.38. The smallest absolute Gasteiger partial charge is 0.253 e. The van der Waals surface area contributed by atoms with Crippen LogP contribution >= 0.6 is 0 Å². The zero-order chi connectivity index (χ0) is 21.3. The van der Waals surface area contributed by atoms with Gasteiger partial charge in [0.1, 0.15) is 5.75 Å². The first-order valence-electron chi connectivity index (χ1n) is 9.73. The molecule has 1 fully saturated rings. The molecule has 0 aliphatic carbocycles. The molecule has 1 N–H and O–H groups in total. The molecular weight excluding hydrogens is 388 g/mol. The molecule has 0 radical (unpaired) electrons. The van der Waals surface area contributed by atoms with Crippen molar-refractivity contribution in [1.29, 1.82) is 0 Å². The van der Waals surface area contributed by atoms with Gasteiger partial charge in [0.25, 0.3) is 5.91 Å². The fourth-order valence-corrected chi connectivity index (χ4v) is 4.98. The zero-order valence-corrected chi connectivity index (χ0v) is 18.2. The molecule has 0 spiro atoms. The number of rotatable bonds is 4. The molecule has 3 rings (SSSR count). The third kappa shape index (κ3) is 4.31. The van der Waals surface area contributed by atoms with E-state index in [1.54, 1.807) is 30.0 Å². The van der Waals surface area contributed by atoms with Crippen LogP contribution in [0.2, 0.25) is 0 Å². The van der Waals surface area contributed by atoms with Gasteiger partial charge in [-0.2, -0.15) is 0 Å². The van der Waals surface area contributed by atoms with Crippen molar-refractivity contribution in [3.05, 3.63) is 58.7 Å². The van der Waals surface area contributed by atoms with Crippen molar-refractivity contribution < 1.29 is 18.3 Å². The average molecular weight is 417 g/mol. The van der Waals surface area contributed by atoms with E-state index in [4.69, 9.17) is 0 Å². The first-order valence-corrected chi connectivity index (χ1v) is 11.2. The highest BCUT2D eigenvalue weighted by Gasteiger charge is 2.27. The molecule has 2 aromatic carbocycles. The van der Waals surface area contributed by atoms with Crippen LogP contribution in [-0.2, 0) is 10.0 Å². The lowest BCUT2D eigenvalue weighted by molar-refractivity contribution is 0.0712. The van der Waals surface area contributed by atoms with Crippen molar-refractivity contribution in [3.63, 3.8) is 0 Å². The predicted molar refractivity (Wildman–Crippen MR) is 113 cm³/mol. The van der Waals surface area contributed by atoms with Crippen molar-refractivity contribution in [2.45, 2.75) is 37.5 Å². The first kappa shape index (κ1) is 21.3. The number of phenols is 1. The summed E-state index contributed by atoms with van der Waals surface area (Å²) in [6, 6.07) is 10.5. The van der Waals surface area contributed by atoms with Gasteiger partial charge in [0, 0.05) is 32.7 Å². The Morgan fingerprint density at radius 2 is 1.66 bits per heavy atom. The van der Waals surface area contributed by atoms with Crippen LogP contribution in [0.25, 0.3) is 0 Å². The molecule has 0 bridgehead atoms. The molecule has 0 saturated carbocycles. The number of carbonyl (C=O) groups excluding carboxylic acids is 1. The summed E-state index contributed by atoms with van der Waals surface area (Å²) < 4.78 is 26.5. The Morgan fingerprint density at radius 1 is 1.07 bits per heavy atom. The number of amides is 1. The zero-order valence-electron chi connectivity index (χ0n) is 17.3. The quantitative estimate of drug-likeness (QED) is 0.830. The van der Waals surface area contributed by atoms with Gasteiger partial charge in [-0.25, -0.2) is 12.7 Å². The summed E-state index contributed by atoms with van der Waals surface area (Å²) in [5.74, 6) is 0.469. The summed E-state index contributed by atoms with van der Waals surface area (Å²) in [5.41, 5.74) is 3.04. The molecule has 0 unspecified atom stereocenters. The lowest BCUT2D eigenvalue weighted by Gasteiger charge is -2.32. The number of likely N-dealkylation sites (tertiary alicyclic amines) is 1. The highest BCUT2D eigenvalue weighted by Crippen LogP contribution is 2.30. The number of sulfonamides is 1. The molecule has 1 amide bonds. The second kappa shape index (κ2) is 8.16. The SMILES string of the molecule is Cc1cc(C(=O)N2CCC(c3ccc(O)cc3)CC2)cc(S(=O)(=O)N(C)C)c1C. The molecule has 7 heteroatoms. The van der Waals surface area contributed by atoms with E-state index < -0.39 is 10.0 Å². The van der Waals surface area contributed by atoms with Crippen molar-refractivity contribution in [3.8, 4) is 5.75 Å². The minimum absolute atomic E-state index is 0.132. The molecule has 1 aliphatic heterocycles. The van der Waals surface area contributed by atoms with Crippen LogP contribution in [0.1, 0.15) is 45.8 Å². The van der Waals surface area contributed by atoms with Crippen LogP contribution in [0.5, 0.6) is 5.75 Å². The van der Waals surface area contributed by atoms with Crippen LogP contribution in [0, 0.1) is 13.8 Å². The number of nitrogens with zero attached hydrogens (tertiary/aromatic N) is 2. The maximum absolute atomic E-state index is 13.1.